The first kappa shape index (κ1) is 39.7. The second-order valence-electron chi connectivity index (χ2n) is 17.1. The smallest absolute Gasteiger partial charge is 0.152 e. The van der Waals surface area contributed by atoms with Gasteiger partial charge in [-0.25, -0.2) is 4.99 Å². The standard InChI is InChI=1S/C64H43N3/c65-64(48-16-3-1-4-17-48)66-59(51-20-13-19-49(41-51)55-26-14-28-61-63(55)57-25-11-12-27-60(57)67(61)52-21-5-2-6-22-52)40-31-43-29-32-44(33-30-43)45-34-36-47(37-35-45)62-54-24-10-8-18-50(54)42-58-53-23-9-7-15-46(53)38-39-56(58)62/h1-42,65H/b40-31+,65-64?,66-59?. The molecular weight excluding hydrogens is 811 g/mol. The minimum Gasteiger partial charge on any atom is -0.309 e. The molecule has 0 spiro atoms. The fourth-order valence-corrected chi connectivity index (χ4v) is 9.86. The van der Waals surface area contributed by atoms with Crippen LogP contribution in [0.2, 0.25) is 0 Å². The van der Waals surface area contributed by atoms with Crippen molar-refractivity contribution in [2.45, 2.75) is 0 Å². The number of allylic oxidation sites excluding steroid dienone is 1. The lowest BCUT2D eigenvalue weighted by Gasteiger charge is -2.14. The highest BCUT2D eigenvalue weighted by atomic mass is 15.0. The zero-order valence-corrected chi connectivity index (χ0v) is 36.6. The molecule has 0 unspecified atom stereocenters. The summed E-state index contributed by atoms with van der Waals surface area (Å²) in [7, 11) is 0. The van der Waals surface area contributed by atoms with Crippen molar-refractivity contribution in [2.75, 3.05) is 0 Å². The normalized spacial score (nSPS) is 12.0. The van der Waals surface area contributed by atoms with Gasteiger partial charge >= 0.3 is 0 Å². The third-order valence-corrected chi connectivity index (χ3v) is 13.1. The van der Waals surface area contributed by atoms with E-state index in [0.717, 1.165) is 50.1 Å². The van der Waals surface area contributed by atoms with Gasteiger partial charge in [-0.3, -0.25) is 5.41 Å². The molecule has 3 nitrogen and oxygen atoms in total. The molecule has 12 rings (SSSR count). The molecule has 0 aliphatic carbocycles. The van der Waals surface area contributed by atoms with Crippen molar-refractivity contribution in [3.8, 4) is 39.1 Å². The van der Waals surface area contributed by atoms with Gasteiger partial charge in [0.15, 0.2) is 5.84 Å². The average molecular weight is 854 g/mol. The van der Waals surface area contributed by atoms with E-state index >= 15 is 0 Å². The van der Waals surface area contributed by atoms with E-state index < -0.39 is 0 Å². The summed E-state index contributed by atoms with van der Waals surface area (Å²) in [5.41, 5.74) is 13.9. The highest BCUT2D eigenvalue weighted by Gasteiger charge is 2.17. The third-order valence-electron chi connectivity index (χ3n) is 13.1. The van der Waals surface area contributed by atoms with Crippen LogP contribution in [0.15, 0.2) is 254 Å². The summed E-state index contributed by atoms with van der Waals surface area (Å²) in [5.74, 6) is 0.210. The molecule has 0 aliphatic heterocycles. The molecule has 1 aromatic heterocycles. The van der Waals surface area contributed by atoms with Crippen molar-refractivity contribution in [3.05, 3.63) is 265 Å². The first-order chi connectivity index (χ1) is 33.1. The van der Waals surface area contributed by atoms with E-state index in [2.05, 4.69) is 223 Å². The molecular formula is C64H43N3. The number of fused-ring (bicyclic) bond motifs is 7. The Morgan fingerprint density at radius 1 is 0.403 bits per heavy atom. The molecule has 0 aliphatic rings. The Morgan fingerprint density at radius 3 is 1.81 bits per heavy atom. The number of hydrogen-bond donors (Lipinski definition) is 1. The van der Waals surface area contributed by atoms with Crippen LogP contribution in [0.1, 0.15) is 16.7 Å². The summed E-state index contributed by atoms with van der Waals surface area (Å²) >= 11 is 0. The molecule has 3 heteroatoms. The summed E-state index contributed by atoms with van der Waals surface area (Å²) < 4.78 is 2.35. The SMILES string of the molecule is N=C(N=C(/C=C/c1ccc(-c2ccc(-c3c4ccccc4cc4c3ccc3ccccc34)cc2)cc1)c1cccc(-c2cccc3c2c2ccccc2n3-c2ccccc2)c1)c1ccccc1. The second-order valence-corrected chi connectivity index (χ2v) is 17.1. The predicted octanol–water partition coefficient (Wildman–Crippen LogP) is 16.8. The van der Waals surface area contributed by atoms with Gasteiger partial charge in [-0.2, -0.15) is 0 Å². The zero-order valence-electron chi connectivity index (χ0n) is 36.6. The van der Waals surface area contributed by atoms with Gasteiger partial charge in [0.1, 0.15) is 0 Å². The highest BCUT2D eigenvalue weighted by Crippen LogP contribution is 2.41. The third kappa shape index (κ3) is 7.29. The summed E-state index contributed by atoms with van der Waals surface area (Å²) in [5, 5.41) is 19.0. The van der Waals surface area contributed by atoms with Gasteiger partial charge in [-0.05, 0) is 114 Å². The van der Waals surface area contributed by atoms with E-state index in [1.165, 1.54) is 59.7 Å². The van der Waals surface area contributed by atoms with Gasteiger partial charge in [0.05, 0.1) is 16.7 Å². The van der Waals surface area contributed by atoms with Gasteiger partial charge in [0.25, 0.3) is 0 Å². The van der Waals surface area contributed by atoms with Crippen molar-refractivity contribution < 1.29 is 0 Å². The van der Waals surface area contributed by atoms with Crippen LogP contribution in [0.25, 0.3) is 99.3 Å². The Kier molecular flexibility index (Phi) is 10.00. The van der Waals surface area contributed by atoms with E-state index in [0.29, 0.717) is 5.71 Å². The average Bonchev–Trinajstić information content (AvgIpc) is 3.74. The van der Waals surface area contributed by atoms with Crippen LogP contribution < -0.4 is 0 Å². The van der Waals surface area contributed by atoms with Crippen LogP contribution in [0.5, 0.6) is 0 Å². The Bertz CT molecular complexity index is 3900. The number of hydrogen-bond acceptors (Lipinski definition) is 1. The van der Waals surface area contributed by atoms with Gasteiger partial charge in [0, 0.05) is 27.6 Å². The Balaban J connectivity index is 0.881. The van der Waals surface area contributed by atoms with E-state index in [9.17, 15) is 0 Å². The molecule has 0 fully saturated rings. The van der Waals surface area contributed by atoms with E-state index in [4.69, 9.17) is 10.4 Å². The second kappa shape index (κ2) is 16.9. The molecule has 0 radical (unpaired) electrons. The number of para-hydroxylation sites is 2. The van der Waals surface area contributed by atoms with E-state index in [1.807, 2.05) is 36.4 Å². The van der Waals surface area contributed by atoms with Crippen molar-refractivity contribution in [3.63, 3.8) is 0 Å². The van der Waals surface area contributed by atoms with Gasteiger partial charge < -0.3 is 4.57 Å². The van der Waals surface area contributed by atoms with Crippen LogP contribution in [-0.4, -0.2) is 16.1 Å². The fourth-order valence-electron chi connectivity index (χ4n) is 9.86. The minimum atomic E-state index is 0.210. The number of aliphatic imine (C=N–C) groups is 1. The zero-order chi connectivity index (χ0) is 44.7. The Labute approximate surface area is 389 Å². The molecule has 67 heavy (non-hydrogen) atoms. The van der Waals surface area contributed by atoms with Crippen LogP contribution in [0.4, 0.5) is 0 Å². The molecule has 12 aromatic rings. The number of nitrogens with zero attached hydrogens (tertiary/aromatic N) is 2. The van der Waals surface area contributed by atoms with Gasteiger partial charge in [0.2, 0.25) is 0 Å². The first-order valence-corrected chi connectivity index (χ1v) is 22.8. The summed E-state index contributed by atoms with van der Waals surface area (Å²) in [6.45, 7) is 0. The van der Waals surface area contributed by atoms with Crippen LogP contribution in [-0.2, 0) is 0 Å². The Hall–Kier alpha value is -8.92. The maximum Gasteiger partial charge on any atom is 0.152 e. The maximum absolute atomic E-state index is 9.07. The van der Waals surface area contributed by atoms with E-state index in [-0.39, 0.29) is 5.84 Å². The topological polar surface area (TPSA) is 41.1 Å². The summed E-state index contributed by atoms with van der Waals surface area (Å²) in [6, 6.07) is 86.0. The molecule has 0 saturated heterocycles. The van der Waals surface area contributed by atoms with Crippen LogP contribution in [0, 0.1) is 5.41 Å². The number of nitrogens with one attached hydrogen (secondary N) is 1. The van der Waals surface area contributed by atoms with Crippen LogP contribution in [0.3, 0.4) is 0 Å². The van der Waals surface area contributed by atoms with Crippen molar-refractivity contribution in [1.82, 2.24) is 4.57 Å². The fraction of sp³-hybridized carbons (Fsp3) is 0. The molecule has 314 valence electrons. The lowest BCUT2D eigenvalue weighted by molar-refractivity contribution is 1.18. The number of benzene rings is 11. The molecule has 0 bridgehead atoms. The van der Waals surface area contributed by atoms with Crippen molar-refractivity contribution in [1.29, 1.82) is 5.41 Å². The van der Waals surface area contributed by atoms with Crippen molar-refractivity contribution >= 4 is 71.7 Å². The van der Waals surface area contributed by atoms with Gasteiger partial charge in [-0.15, -0.1) is 0 Å². The minimum absolute atomic E-state index is 0.210. The maximum atomic E-state index is 9.07. The molecule has 1 heterocycles. The molecule has 1 N–H and O–H groups in total. The monoisotopic (exact) mass is 853 g/mol. The molecule has 0 saturated carbocycles. The first-order valence-electron chi connectivity index (χ1n) is 22.8. The predicted molar refractivity (Wildman–Crippen MR) is 285 cm³/mol. The van der Waals surface area contributed by atoms with Gasteiger partial charge in [-0.1, -0.05) is 212 Å². The molecule has 0 amide bonds. The largest absolute Gasteiger partial charge is 0.309 e. The quantitative estimate of drug-likeness (QED) is 0.0685. The summed E-state index contributed by atoms with van der Waals surface area (Å²) in [6.07, 6.45) is 4.14. The lowest BCUT2D eigenvalue weighted by atomic mass is 9.89. The van der Waals surface area contributed by atoms with Crippen LogP contribution >= 0.6 is 0 Å². The lowest BCUT2D eigenvalue weighted by Crippen LogP contribution is -2.04. The Morgan fingerprint density at radius 2 is 1.01 bits per heavy atom. The van der Waals surface area contributed by atoms with E-state index in [1.54, 1.807) is 0 Å². The van der Waals surface area contributed by atoms with Crippen molar-refractivity contribution in [2.24, 2.45) is 4.99 Å². The number of amidine groups is 1. The molecule has 11 aromatic carbocycles. The number of rotatable bonds is 8. The molecule has 0 atom stereocenters. The summed E-state index contributed by atoms with van der Waals surface area (Å²) in [4.78, 5) is 4.98. The number of aromatic nitrogens is 1. The highest BCUT2D eigenvalue weighted by molar-refractivity contribution is 6.21.